The molecule has 0 bridgehead atoms. The minimum atomic E-state index is -0.840. The monoisotopic (exact) mass is 944 g/mol. The Balaban J connectivity index is 0.740. The molecule has 2 aliphatic carbocycles. The van der Waals surface area contributed by atoms with Gasteiger partial charge in [-0.05, 0) is 112 Å². The van der Waals surface area contributed by atoms with Crippen molar-refractivity contribution in [3.05, 3.63) is 89.0 Å². The van der Waals surface area contributed by atoms with Crippen LogP contribution in [0.1, 0.15) is 99.8 Å². The van der Waals surface area contributed by atoms with Crippen LogP contribution in [0.4, 0.5) is 14.9 Å². The largest absolute Gasteiger partial charge is 0.494 e. The molecule has 5 amide bonds. The highest BCUT2D eigenvalue weighted by atomic mass is 33.1. The number of anilines is 1. The molecule has 15 nitrogen and oxygen atoms in total. The zero-order chi connectivity index (χ0) is 46.6. The summed E-state index contributed by atoms with van der Waals surface area (Å²) in [4.78, 5) is 72.9. The summed E-state index contributed by atoms with van der Waals surface area (Å²) in [5.74, 6) is -0.190. The van der Waals surface area contributed by atoms with Crippen LogP contribution in [0.5, 0.6) is 5.75 Å². The fourth-order valence-electron chi connectivity index (χ4n) is 8.84. The quantitative estimate of drug-likeness (QED) is 0.0562. The average Bonchev–Trinajstić information content (AvgIpc) is 4.13. The van der Waals surface area contributed by atoms with E-state index < -0.39 is 11.8 Å². The number of piperazine rings is 1. The predicted octanol–water partition coefficient (Wildman–Crippen LogP) is 6.82. The van der Waals surface area contributed by atoms with Gasteiger partial charge in [-0.25, -0.2) is 14.6 Å². The SMILES string of the molecule is CC(C)(CC(=O)N/N=C1\CCCc2cc(OCCCC(=O)O)ccc21)SSCCC(=O)N1CCN(C2CCN(C(=O)NCc3ccc(NC(=O)C4CC4c4cccnc4)cc3F)CC2)CC1. The maximum absolute atomic E-state index is 15.0. The van der Waals surface area contributed by atoms with Gasteiger partial charge in [-0.15, -0.1) is 0 Å². The average molecular weight is 945 g/mol. The van der Waals surface area contributed by atoms with Crippen LogP contribution in [-0.2, 0) is 32.1 Å². The number of rotatable bonds is 19. The number of urea groups is 1. The molecule has 7 rings (SSSR count). The maximum Gasteiger partial charge on any atom is 0.317 e. The van der Waals surface area contributed by atoms with E-state index in [1.807, 2.05) is 49.1 Å². The second-order valence-electron chi connectivity index (χ2n) is 18.0. The fraction of sp³-hybridized carbons (Fsp3) is 0.521. The van der Waals surface area contributed by atoms with Gasteiger partial charge in [0.2, 0.25) is 17.7 Å². The molecule has 2 aliphatic heterocycles. The summed E-state index contributed by atoms with van der Waals surface area (Å²) >= 11 is 0. The van der Waals surface area contributed by atoms with Gasteiger partial charge in [0.1, 0.15) is 11.6 Å². The fourth-order valence-corrected chi connectivity index (χ4v) is 11.3. The molecule has 2 saturated heterocycles. The van der Waals surface area contributed by atoms with Crippen LogP contribution in [0, 0.1) is 11.7 Å². The Morgan fingerprint density at radius 2 is 1.77 bits per heavy atom. The Morgan fingerprint density at radius 3 is 2.52 bits per heavy atom. The van der Waals surface area contributed by atoms with Crippen molar-refractivity contribution in [2.24, 2.45) is 11.0 Å². The number of hydrogen-bond acceptors (Lipinski definition) is 11. The molecule has 3 aromatic rings. The van der Waals surface area contributed by atoms with Crippen molar-refractivity contribution in [1.82, 2.24) is 30.4 Å². The van der Waals surface area contributed by atoms with E-state index in [4.69, 9.17) is 9.84 Å². The van der Waals surface area contributed by atoms with Gasteiger partial charge in [0.15, 0.2) is 0 Å². The minimum Gasteiger partial charge on any atom is -0.494 e. The zero-order valence-electron chi connectivity index (χ0n) is 37.8. The van der Waals surface area contributed by atoms with Crippen molar-refractivity contribution in [2.45, 2.75) is 101 Å². The smallest absolute Gasteiger partial charge is 0.317 e. The summed E-state index contributed by atoms with van der Waals surface area (Å²) in [5.41, 5.74) is 7.43. The van der Waals surface area contributed by atoms with Crippen molar-refractivity contribution in [3.8, 4) is 5.75 Å². The number of fused-ring (bicyclic) bond motifs is 1. The molecule has 18 heteroatoms. The Bertz CT molecular complexity index is 2230. The molecule has 354 valence electrons. The third-order valence-corrected chi connectivity index (χ3v) is 15.9. The highest BCUT2D eigenvalue weighted by Crippen LogP contribution is 2.47. The number of aromatic nitrogens is 1. The number of likely N-dealkylation sites (tertiary alicyclic amines) is 1. The molecule has 4 N–H and O–H groups in total. The highest BCUT2D eigenvalue weighted by Gasteiger charge is 2.44. The van der Waals surface area contributed by atoms with Crippen LogP contribution in [0.25, 0.3) is 0 Å². The van der Waals surface area contributed by atoms with E-state index in [-0.39, 0.29) is 59.7 Å². The molecular weight excluding hydrogens is 884 g/mol. The van der Waals surface area contributed by atoms with Crippen LogP contribution in [0.2, 0.25) is 0 Å². The second-order valence-corrected chi connectivity index (χ2v) is 21.2. The lowest BCUT2D eigenvalue weighted by Gasteiger charge is -2.42. The van der Waals surface area contributed by atoms with Crippen LogP contribution >= 0.6 is 21.6 Å². The number of ether oxygens (including phenoxy) is 1. The van der Waals surface area contributed by atoms with Crippen molar-refractivity contribution in [2.75, 3.05) is 56.9 Å². The maximum atomic E-state index is 15.0. The summed E-state index contributed by atoms with van der Waals surface area (Å²) < 4.78 is 20.4. The van der Waals surface area contributed by atoms with Gasteiger partial charge in [0, 0.05) is 117 Å². The van der Waals surface area contributed by atoms with E-state index in [1.54, 1.807) is 51.0 Å². The Labute approximate surface area is 393 Å². The molecular formula is C48H61FN8O7S2. The summed E-state index contributed by atoms with van der Waals surface area (Å²) in [7, 11) is 3.21. The minimum absolute atomic E-state index is 0.0424. The van der Waals surface area contributed by atoms with Crippen LogP contribution in [-0.4, -0.2) is 123 Å². The number of amides is 5. The van der Waals surface area contributed by atoms with Crippen LogP contribution in [0.15, 0.2) is 66.0 Å². The van der Waals surface area contributed by atoms with Gasteiger partial charge < -0.3 is 30.3 Å². The van der Waals surface area contributed by atoms with E-state index in [1.165, 1.54) is 6.07 Å². The highest BCUT2D eigenvalue weighted by molar-refractivity contribution is 8.77. The van der Waals surface area contributed by atoms with Gasteiger partial charge >= 0.3 is 12.0 Å². The first-order valence-electron chi connectivity index (χ1n) is 23.0. The van der Waals surface area contributed by atoms with E-state index in [0.717, 1.165) is 74.0 Å². The number of pyridine rings is 1. The van der Waals surface area contributed by atoms with E-state index in [9.17, 15) is 24.0 Å². The summed E-state index contributed by atoms with van der Waals surface area (Å²) in [6.45, 7) is 8.51. The van der Waals surface area contributed by atoms with Gasteiger partial charge in [0.25, 0.3) is 0 Å². The van der Waals surface area contributed by atoms with Crippen molar-refractivity contribution in [3.63, 3.8) is 0 Å². The van der Waals surface area contributed by atoms with Gasteiger partial charge in [-0.3, -0.25) is 29.1 Å². The third-order valence-electron chi connectivity index (χ3n) is 12.6. The molecule has 1 saturated carbocycles. The Kier molecular flexibility index (Phi) is 17.0. The van der Waals surface area contributed by atoms with Crippen molar-refractivity contribution in [1.29, 1.82) is 0 Å². The molecule has 2 aromatic carbocycles. The standard InChI is InChI=1S/C48H61FN8O7S2/c1-48(2,29-43(58)54-53-42-8-3-6-32-26-37(12-13-38(32)42)64-24-5-9-45(60)61)66-65-25-16-44(59)56-22-20-55(21-23-56)36-14-18-57(19-15-36)47(63)51-31-34-10-11-35(27-41(34)49)52-46(62)40-28-39(40)33-7-4-17-50-30-33/h4,7,10-13,17,26-27,30,36,39-40H,3,5-6,8-9,14-16,18-25,28-29,31H2,1-2H3,(H,51,63)(H,52,62)(H,54,58)(H,60,61)/b53-42+. The Hall–Kier alpha value is -5.20. The summed E-state index contributed by atoms with van der Waals surface area (Å²) in [6.07, 6.45) is 9.61. The van der Waals surface area contributed by atoms with Crippen LogP contribution in [0.3, 0.4) is 0 Å². The molecule has 4 aliphatic rings. The number of carboxylic acids is 1. The number of benzene rings is 2. The molecule has 3 fully saturated rings. The van der Waals surface area contributed by atoms with E-state index in [2.05, 4.69) is 31.0 Å². The molecule has 66 heavy (non-hydrogen) atoms. The Morgan fingerprint density at radius 1 is 0.970 bits per heavy atom. The molecule has 0 spiro atoms. The number of hydrogen-bond donors (Lipinski definition) is 4. The molecule has 2 unspecified atom stereocenters. The van der Waals surface area contributed by atoms with E-state index >= 15 is 4.39 Å². The topological polar surface area (TPSA) is 186 Å². The van der Waals surface area contributed by atoms with E-state index in [0.29, 0.717) is 74.4 Å². The van der Waals surface area contributed by atoms with Crippen molar-refractivity contribution >= 4 is 62.7 Å². The lowest BCUT2D eigenvalue weighted by Crippen LogP contribution is -2.55. The number of aryl methyl sites for hydroxylation is 1. The number of carbonyl (C=O) groups is 5. The number of nitrogens with one attached hydrogen (secondary N) is 3. The van der Waals surface area contributed by atoms with Gasteiger partial charge in [-0.1, -0.05) is 33.7 Å². The summed E-state index contributed by atoms with van der Waals surface area (Å²) in [6, 6.07) is 14.2. The number of carboxylic acid groups (broad SMARTS) is 1. The van der Waals surface area contributed by atoms with Gasteiger partial charge in [0.05, 0.1) is 12.3 Å². The number of halogens is 1. The molecule has 1 aromatic heterocycles. The lowest BCUT2D eigenvalue weighted by molar-refractivity contribution is -0.137. The van der Waals surface area contributed by atoms with Crippen LogP contribution < -0.4 is 20.8 Å². The lowest BCUT2D eigenvalue weighted by atomic mass is 9.90. The normalized spacial score (nSPS) is 19.5. The number of aliphatic carboxylic acids is 1. The number of carbonyl (C=O) groups excluding carboxylic acids is 4. The zero-order valence-corrected chi connectivity index (χ0v) is 39.4. The first-order valence-corrected chi connectivity index (χ1v) is 25.3. The molecule has 3 heterocycles. The molecule has 0 radical (unpaired) electrons. The summed E-state index contributed by atoms with van der Waals surface area (Å²) in [5, 5.41) is 19.0. The number of piperidine rings is 1. The first kappa shape index (κ1) is 48.7. The first-order chi connectivity index (χ1) is 31.8. The molecule has 2 atom stereocenters. The second kappa shape index (κ2) is 23.0. The number of hydrazone groups is 1. The third kappa shape index (κ3) is 13.9. The van der Waals surface area contributed by atoms with Crippen molar-refractivity contribution < 1.29 is 38.2 Å². The van der Waals surface area contributed by atoms with Gasteiger partial charge in [-0.2, -0.15) is 5.10 Å². The number of nitrogens with zero attached hydrogens (tertiary/aromatic N) is 5. The predicted molar refractivity (Wildman–Crippen MR) is 255 cm³/mol.